The molecule has 0 spiro atoms. The van der Waals surface area contributed by atoms with Gasteiger partial charge in [-0.3, -0.25) is 19.3 Å². The number of Topliss-reactive ketones (excluding diaryl/α,β-unsaturated/α-hetero) is 1. The fourth-order valence-electron chi connectivity index (χ4n) is 2.10. The van der Waals surface area contributed by atoms with E-state index in [1.807, 2.05) is 0 Å². The lowest BCUT2D eigenvalue weighted by Crippen LogP contribution is -2.30. The Morgan fingerprint density at radius 1 is 1.05 bits per heavy atom. The summed E-state index contributed by atoms with van der Waals surface area (Å²) in [5.74, 6) is -0.162. The molecule has 4 heteroatoms. The highest BCUT2D eigenvalue weighted by molar-refractivity contribution is 6.12. The van der Waals surface area contributed by atoms with Crippen LogP contribution in [-0.4, -0.2) is 29.0 Å². The Balaban J connectivity index is 2.10. The number of hydrogen-bond donors (Lipinski definition) is 0. The molecule has 2 amide bonds. The lowest BCUT2D eigenvalue weighted by molar-refractivity contribution is -0.137. The molecule has 1 aliphatic rings. The minimum Gasteiger partial charge on any atom is -0.300 e. The van der Waals surface area contributed by atoms with Crippen LogP contribution in [0.25, 0.3) is 0 Å². The van der Waals surface area contributed by atoms with Gasteiger partial charge in [-0.2, -0.15) is 0 Å². The number of nitrogens with zero attached hydrogens (tertiary/aromatic N) is 1. The second-order valence-corrected chi connectivity index (χ2v) is 6.25. The third-order valence-electron chi connectivity index (χ3n) is 2.97. The zero-order valence-corrected chi connectivity index (χ0v) is 12.1. The van der Waals surface area contributed by atoms with Gasteiger partial charge in [0.2, 0.25) is 0 Å². The summed E-state index contributed by atoms with van der Waals surface area (Å²) in [6, 6.07) is 0. The number of carbonyl (C=O) groups is 3. The molecule has 0 aromatic carbocycles. The first kappa shape index (κ1) is 15.6. The predicted octanol–water partition coefficient (Wildman–Crippen LogP) is 2.48. The monoisotopic (exact) mass is 265 g/mol. The van der Waals surface area contributed by atoms with E-state index in [0.717, 1.165) is 19.3 Å². The van der Waals surface area contributed by atoms with Gasteiger partial charge in [0.1, 0.15) is 5.78 Å². The maximum atomic E-state index is 11.7. The molecule has 1 aliphatic heterocycles. The van der Waals surface area contributed by atoms with Crippen LogP contribution < -0.4 is 0 Å². The van der Waals surface area contributed by atoms with Crippen LogP contribution in [0.4, 0.5) is 0 Å². The number of imide groups is 1. The molecule has 1 rings (SSSR count). The Morgan fingerprint density at radius 3 is 2.16 bits per heavy atom. The summed E-state index contributed by atoms with van der Waals surface area (Å²) in [5.41, 5.74) is 0.0527. The quantitative estimate of drug-likeness (QED) is 0.525. The Bertz CT molecular complexity index is 373. The lowest BCUT2D eigenvalue weighted by atomic mass is 9.88. The van der Waals surface area contributed by atoms with Crippen molar-refractivity contribution in [2.24, 2.45) is 5.41 Å². The van der Waals surface area contributed by atoms with Gasteiger partial charge in [0.15, 0.2) is 0 Å². The van der Waals surface area contributed by atoms with Crippen LogP contribution in [0, 0.1) is 5.41 Å². The van der Waals surface area contributed by atoms with Gasteiger partial charge < -0.3 is 0 Å². The first-order valence-corrected chi connectivity index (χ1v) is 6.85. The average molecular weight is 265 g/mol. The van der Waals surface area contributed by atoms with Gasteiger partial charge in [-0.15, -0.1) is 0 Å². The third kappa shape index (κ3) is 5.81. The molecule has 0 fully saturated rings. The molecule has 4 nitrogen and oxygen atoms in total. The van der Waals surface area contributed by atoms with Gasteiger partial charge in [0.05, 0.1) is 0 Å². The number of rotatable bonds is 7. The van der Waals surface area contributed by atoms with E-state index in [1.165, 1.54) is 17.1 Å². The van der Waals surface area contributed by atoms with Crippen LogP contribution in [0.2, 0.25) is 0 Å². The number of unbranched alkanes of at least 4 members (excludes halogenated alkanes) is 2. The van der Waals surface area contributed by atoms with Crippen LogP contribution in [0.5, 0.6) is 0 Å². The normalized spacial score (nSPS) is 15.4. The molecule has 0 unspecified atom stereocenters. The van der Waals surface area contributed by atoms with Gasteiger partial charge in [-0.25, -0.2) is 0 Å². The number of amides is 2. The summed E-state index contributed by atoms with van der Waals surface area (Å²) >= 11 is 0. The average Bonchev–Trinajstić information content (AvgIpc) is 2.57. The molecule has 0 N–H and O–H groups in total. The lowest BCUT2D eigenvalue weighted by Gasteiger charge is -2.16. The summed E-state index contributed by atoms with van der Waals surface area (Å²) in [6.07, 6.45) is 6.27. The second kappa shape index (κ2) is 6.64. The Kier molecular flexibility index (Phi) is 5.45. The zero-order valence-electron chi connectivity index (χ0n) is 12.1. The second-order valence-electron chi connectivity index (χ2n) is 6.25. The van der Waals surface area contributed by atoms with E-state index < -0.39 is 0 Å². The molecule has 0 saturated carbocycles. The highest BCUT2D eigenvalue weighted by Crippen LogP contribution is 2.20. The van der Waals surface area contributed by atoms with Crippen LogP contribution in [-0.2, 0) is 14.4 Å². The van der Waals surface area contributed by atoms with Crippen molar-refractivity contribution in [2.45, 2.75) is 52.9 Å². The summed E-state index contributed by atoms with van der Waals surface area (Å²) in [7, 11) is 0. The Morgan fingerprint density at radius 2 is 1.63 bits per heavy atom. The van der Waals surface area contributed by atoms with Gasteiger partial charge in [-0.05, 0) is 18.3 Å². The molecule has 0 saturated heterocycles. The Hall–Kier alpha value is -1.45. The summed E-state index contributed by atoms with van der Waals surface area (Å²) < 4.78 is 0. The molecule has 0 aliphatic carbocycles. The first-order chi connectivity index (χ1) is 8.79. The summed E-state index contributed by atoms with van der Waals surface area (Å²) in [4.78, 5) is 35.5. The van der Waals surface area contributed by atoms with Crippen molar-refractivity contribution in [2.75, 3.05) is 6.54 Å². The van der Waals surface area contributed by atoms with E-state index in [2.05, 4.69) is 20.8 Å². The van der Waals surface area contributed by atoms with Crippen molar-refractivity contribution in [3.63, 3.8) is 0 Å². The van der Waals surface area contributed by atoms with Gasteiger partial charge in [-0.1, -0.05) is 27.2 Å². The van der Waals surface area contributed by atoms with Gasteiger partial charge in [0.25, 0.3) is 11.8 Å². The Labute approximate surface area is 114 Å². The molecule has 0 aromatic rings. The fourth-order valence-corrected chi connectivity index (χ4v) is 2.10. The molecule has 0 atom stereocenters. The van der Waals surface area contributed by atoms with Crippen LogP contribution >= 0.6 is 0 Å². The van der Waals surface area contributed by atoms with E-state index in [0.29, 0.717) is 25.2 Å². The molecular formula is C15H23NO3. The van der Waals surface area contributed by atoms with E-state index in [4.69, 9.17) is 0 Å². The van der Waals surface area contributed by atoms with Crippen LogP contribution in [0.3, 0.4) is 0 Å². The number of ketones is 1. The predicted molar refractivity (Wildman–Crippen MR) is 73.4 cm³/mol. The van der Waals surface area contributed by atoms with E-state index in [1.54, 1.807) is 0 Å². The summed E-state index contributed by atoms with van der Waals surface area (Å²) in [5, 5.41) is 0. The third-order valence-corrected chi connectivity index (χ3v) is 2.97. The van der Waals surface area contributed by atoms with Crippen molar-refractivity contribution in [1.82, 2.24) is 4.90 Å². The fraction of sp³-hybridized carbons (Fsp3) is 0.667. The van der Waals surface area contributed by atoms with Crippen molar-refractivity contribution in [1.29, 1.82) is 0 Å². The topological polar surface area (TPSA) is 54.5 Å². The van der Waals surface area contributed by atoms with Gasteiger partial charge in [0, 0.05) is 31.5 Å². The zero-order chi connectivity index (χ0) is 14.5. The van der Waals surface area contributed by atoms with Crippen molar-refractivity contribution in [3.8, 4) is 0 Å². The summed E-state index contributed by atoms with van der Waals surface area (Å²) in [6.45, 7) is 6.63. The minimum atomic E-state index is -0.228. The molecule has 19 heavy (non-hydrogen) atoms. The maximum absolute atomic E-state index is 11.7. The number of carbonyl (C=O) groups excluding carboxylic acids is 3. The van der Waals surface area contributed by atoms with Crippen LogP contribution in [0.1, 0.15) is 52.9 Å². The van der Waals surface area contributed by atoms with Crippen molar-refractivity contribution in [3.05, 3.63) is 12.2 Å². The molecule has 106 valence electrons. The molecule has 0 bridgehead atoms. The maximum Gasteiger partial charge on any atom is 0.253 e. The van der Waals surface area contributed by atoms with E-state index in [9.17, 15) is 14.4 Å². The standard InChI is InChI=1S/C15H23NO3/c1-15(2,3)11-12(17)7-5-4-6-10-16-13(18)8-9-14(16)19/h8-9H,4-7,10-11H2,1-3H3. The molecule has 1 heterocycles. The van der Waals surface area contributed by atoms with E-state index in [-0.39, 0.29) is 17.2 Å². The molecule has 0 aromatic heterocycles. The largest absolute Gasteiger partial charge is 0.300 e. The van der Waals surface area contributed by atoms with Gasteiger partial charge >= 0.3 is 0 Å². The molecular weight excluding hydrogens is 242 g/mol. The highest BCUT2D eigenvalue weighted by atomic mass is 16.2. The minimum absolute atomic E-state index is 0.0527. The highest BCUT2D eigenvalue weighted by Gasteiger charge is 2.22. The van der Waals surface area contributed by atoms with Crippen LogP contribution in [0.15, 0.2) is 12.2 Å². The smallest absolute Gasteiger partial charge is 0.253 e. The van der Waals surface area contributed by atoms with Crippen molar-refractivity contribution >= 4 is 17.6 Å². The number of hydrogen-bond acceptors (Lipinski definition) is 3. The molecule has 0 radical (unpaired) electrons. The first-order valence-electron chi connectivity index (χ1n) is 6.85. The SMILES string of the molecule is CC(C)(C)CC(=O)CCCCCN1C(=O)C=CC1=O. The van der Waals surface area contributed by atoms with E-state index >= 15 is 0 Å². The van der Waals surface area contributed by atoms with Crippen molar-refractivity contribution < 1.29 is 14.4 Å².